The molecule has 1 amide bonds. The van der Waals surface area contributed by atoms with Gasteiger partial charge in [-0.3, -0.25) is 9.78 Å². The number of methoxy groups -OCH3 is 1. The van der Waals surface area contributed by atoms with Gasteiger partial charge in [0.15, 0.2) is 9.84 Å². The third-order valence-corrected chi connectivity index (χ3v) is 6.90. The molecule has 3 aromatic rings. The number of ether oxygens (including phenoxy) is 1. The Morgan fingerprint density at radius 1 is 1.03 bits per heavy atom. The Balaban J connectivity index is 1.75. The van der Waals surface area contributed by atoms with E-state index in [9.17, 15) is 13.2 Å². The lowest BCUT2D eigenvalue weighted by molar-refractivity contribution is -0.121. The predicted octanol–water partition coefficient (Wildman–Crippen LogP) is 3.35. The van der Waals surface area contributed by atoms with Crippen LogP contribution in [0.15, 0.2) is 84.0 Å². The second-order valence-corrected chi connectivity index (χ2v) is 8.92. The minimum absolute atomic E-state index is 0.0340. The first-order valence-corrected chi connectivity index (χ1v) is 11.1. The molecule has 0 bridgehead atoms. The van der Waals surface area contributed by atoms with Crippen LogP contribution in [0.4, 0.5) is 0 Å². The first kappa shape index (κ1) is 21.5. The highest BCUT2D eigenvalue weighted by Gasteiger charge is 2.30. The van der Waals surface area contributed by atoms with Gasteiger partial charge in [-0.15, -0.1) is 0 Å². The van der Waals surface area contributed by atoms with Gasteiger partial charge in [-0.25, -0.2) is 8.42 Å². The fourth-order valence-electron chi connectivity index (χ4n) is 3.10. The van der Waals surface area contributed by atoms with Crippen LogP contribution in [-0.4, -0.2) is 33.0 Å². The van der Waals surface area contributed by atoms with Crippen LogP contribution in [0, 0.1) is 0 Å². The number of hydrogen-bond acceptors (Lipinski definition) is 5. The van der Waals surface area contributed by atoms with Gasteiger partial charge in [-0.2, -0.15) is 0 Å². The van der Waals surface area contributed by atoms with Crippen LogP contribution in [0.25, 0.3) is 0 Å². The number of benzene rings is 2. The quantitative estimate of drug-likeness (QED) is 0.569. The van der Waals surface area contributed by atoms with E-state index in [1.807, 2.05) is 30.3 Å². The third kappa shape index (κ3) is 5.45. The second-order valence-electron chi connectivity index (χ2n) is 6.79. The van der Waals surface area contributed by atoms with Crippen molar-refractivity contribution in [3.05, 3.63) is 90.3 Å². The van der Waals surface area contributed by atoms with E-state index in [1.54, 1.807) is 30.5 Å². The van der Waals surface area contributed by atoms with Crippen molar-refractivity contribution >= 4 is 15.7 Å². The average molecular weight is 425 g/mol. The second kappa shape index (κ2) is 10.0. The Kier molecular flexibility index (Phi) is 7.19. The lowest BCUT2D eigenvalue weighted by Crippen LogP contribution is -2.32. The van der Waals surface area contributed by atoms with Gasteiger partial charge in [0.25, 0.3) is 0 Å². The molecule has 30 heavy (non-hydrogen) atoms. The van der Waals surface area contributed by atoms with Crippen molar-refractivity contribution in [1.29, 1.82) is 0 Å². The smallest absolute Gasteiger partial charge is 0.220 e. The van der Waals surface area contributed by atoms with Crippen molar-refractivity contribution in [2.75, 3.05) is 13.7 Å². The van der Waals surface area contributed by atoms with Crippen LogP contribution in [0.5, 0.6) is 5.75 Å². The number of hydrogen-bond donors (Lipinski definition) is 1. The predicted molar refractivity (Wildman–Crippen MR) is 115 cm³/mol. The topological polar surface area (TPSA) is 85.4 Å². The van der Waals surface area contributed by atoms with Crippen molar-refractivity contribution in [1.82, 2.24) is 10.3 Å². The minimum Gasteiger partial charge on any atom is -0.497 e. The normalized spacial score (nSPS) is 12.2. The fourth-order valence-corrected chi connectivity index (χ4v) is 4.74. The van der Waals surface area contributed by atoms with Crippen LogP contribution in [0.2, 0.25) is 0 Å². The first-order valence-electron chi connectivity index (χ1n) is 9.59. The van der Waals surface area contributed by atoms with Gasteiger partial charge in [-0.1, -0.05) is 36.4 Å². The van der Waals surface area contributed by atoms with Gasteiger partial charge in [0.2, 0.25) is 5.91 Å². The van der Waals surface area contributed by atoms with Crippen LogP contribution in [0.1, 0.15) is 22.8 Å². The Morgan fingerprint density at radius 2 is 1.77 bits per heavy atom. The summed E-state index contributed by atoms with van der Waals surface area (Å²) in [6.07, 6.45) is 3.97. The van der Waals surface area contributed by atoms with Crippen LogP contribution in [-0.2, 0) is 21.1 Å². The number of aryl methyl sites for hydroxylation is 1. The van der Waals surface area contributed by atoms with Crippen LogP contribution >= 0.6 is 0 Å². The summed E-state index contributed by atoms with van der Waals surface area (Å²) in [5.41, 5.74) is 1.58. The van der Waals surface area contributed by atoms with Crippen molar-refractivity contribution in [2.45, 2.75) is 23.0 Å². The van der Waals surface area contributed by atoms with E-state index in [-0.39, 0.29) is 23.8 Å². The molecular weight excluding hydrogens is 400 g/mol. The van der Waals surface area contributed by atoms with Crippen molar-refractivity contribution in [3.63, 3.8) is 0 Å². The SMILES string of the molecule is COc1ccc(S(=O)(=O)[C@@H](CNC(=O)CCc2ccccc2)c2cccnc2)cc1. The number of pyridine rings is 1. The number of sulfone groups is 1. The average Bonchev–Trinajstić information content (AvgIpc) is 2.79. The highest BCUT2D eigenvalue weighted by Crippen LogP contribution is 2.29. The monoisotopic (exact) mass is 424 g/mol. The van der Waals surface area contributed by atoms with E-state index in [2.05, 4.69) is 10.3 Å². The summed E-state index contributed by atoms with van der Waals surface area (Å²) >= 11 is 0. The van der Waals surface area contributed by atoms with Gasteiger partial charge < -0.3 is 10.1 Å². The number of nitrogens with zero attached hydrogens (tertiary/aromatic N) is 1. The highest BCUT2D eigenvalue weighted by molar-refractivity contribution is 7.91. The maximum atomic E-state index is 13.3. The molecule has 1 heterocycles. The largest absolute Gasteiger partial charge is 0.497 e. The van der Waals surface area contributed by atoms with Gasteiger partial charge >= 0.3 is 0 Å². The maximum Gasteiger partial charge on any atom is 0.220 e. The summed E-state index contributed by atoms with van der Waals surface area (Å²) in [6, 6.07) is 19.3. The van der Waals surface area contributed by atoms with E-state index >= 15 is 0 Å². The van der Waals surface area contributed by atoms with Gasteiger partial charge in [-0.05, 0) is 47.9 Å². The standard InChI is InChI=1S/C23H24N2O4S/c1-29-20-10-12-21(13-11-20)30(27,28)22(19-8-5-15-24-16-19)17-25-23(26)14-9-18-6-3-2-4-7-18/h2-8,10-13,15-16,22H,9,14,17H2,1H3,(H,25,26)/t22-/m0/s1. The Labute approximate surface area is 176 Å². The first-order chi connectivity index (χ1) is 14.5. The molecule has 7 heteroatoms. The molecule has 1 aromatic heterocycles. The van der Waals surface area contributed by atoms with Crippen LogP contribution < -0.4 is 10.1 Å². The summed E-state index contributed by atoms with van der Waals surface area (Å²) in [6.45, 7) is -0.0340. The number of carbonyl (C=O) groups is 1. The Morgan fingerprint density at radius 3 is 2.40 bits per heavy atom. The van der Waals surface area contributed by atoms with Crippen molar-refractivity contribution in [3.8, 4) is 5.75 Å². The van der Waals surface area contributed by atoms with Crippen molar-refractivity contribution in [2.24, 2.45) is 0 Å². The van der Waals surface area contributed by atoms with E-state index < -0.39 is 15.1 Å². The lowest BCUT2D eigenvalue weighted by Gasteiger charge is -2.19. The number of rotatable bonds is 9. The van der Waals surface area contributed by atoms with Gasteiger partial charge in [0, 0.05) is 25.4 Å². The summed E-state index contributed by atoms with van der Waals surface area (Å²) in [5.74, 6) is 0.374. The highest BCUT2D eigenvalue weighted by atomic mass is 32.2. The zero-order chi connectivity index (χ0) is 21.4. The molecular formula is C23H24N2O4S. The third-order valence-electron chi connectivity index (χ3n) is 4.79. The summed E-state index contributed by atoms with van der Waals surface area (Å²) in [4.78, 5) is 16.6. The molecule has 2 aromatic carbocycles. The maximum absolute atomic E-state index is 13.3. The number of amides is 1. The molecule has 0 aliphatic rings. The van der Waals surface area contributed by atoms with E-state index in [0.717, 1.165) is 5.56 Å². The molecule has 0 unspecified atom stereocenters. The number of nitrogens with one attached hydrogen (secondary N) is 1. The molecule has 0 saturated heterocycles. The molecule has 156 valence electrons. The molecule has 0 saturated carbocycles. The molecule has 3 rings (SSSR count). The number of carbonyl (C=O) groups excluding carboxylic acids is 1. The summed E-state index contributed by atoms with van der Waals surface area (Å²) in [7, 11) is -2.23. The summed E-state index contributed by atoms with van der Waals surface area (Å²) in [5, 5.41) is 1.84. The van der Waals surface area contributed by atoms with Crippen LogP contribution in [0.3, 0.4) is 0 Å². The molecule has 0 aliphatic heterocycles. The number of aromatic nitrogens is 1. The van der Waals surface area contributed by atoms with Crippen molar-refractivity contribution < 1.29 is 17.9 Å². The molecule has 1 atom stereocenters. The molecule has 0 spiro atoms. The van der Waals surface area contributed by atoms with Gasteiger partial charge in [0.05, 0.1) is 12.0 Å². The minimum atomic E-state index is -3.75. The van der Waals surface area contributed by atoms with E-state index in [4.69, 9.17) is 4.74 Å². The fraction of sp³-hybridized carbons (Fsp3) is 0.217. The molecule has 0 radical (unpaired) electrons. The van der Waals surface area contributed by atoms with E-state index in [0.29, 0.717) is 17.7 Å². The Bertz CT molecular complexity index is 1050. The van der Waals surface area contributed by atoms with Gasteiger partial charge in [0.1, 0.15) is 11.0 Å². The zero-order valence-corrected chi connectivity index (χ0v) is 17.5. The summed E-state index contributed by atoms with van der Waals surface area (Å²) < 4.78 is 31.7. The molecule has 1 N–H and O–H groups in total. The molecule has 6 nitrogen and oxygen atoms in total. The van der Waals surface area contributed by atoms with E-state index in [1.165, 1.54) is 25.4 Å². The molecule has 0 fully saturated rings. The molecule has 0 aliphatic carbocycles. The zero-order valence-electron chi connectivity index (χ0n) is 16.7. The lowest BCUT2D eigenvalue weighted by atomic mass is 10.1. The Hall–Kier alpha value is -3.19.